The fraction of sp³-hybridized carbons (Fsp3) is 0.850. The molecule has 0 bridgehead atoms. The van der Waals surface area contributed by atoms with Gasteiger partial charge in [0.25, 0.3) is 0 Å². The Balaban J connectivity index is 1.94. The minimum atomic E-state index is -0.908. The number of rotatable bonds is 3. The second-order valence-electron chi connectivity index (χ2n) is 9.23. The van der Waals surface area contributed by atoms with Crippen molar-refractivity contribution in [2.24, 2.45) is 22.7 Å². The number of aliphatic hydroxyl groups excluding tert-OH is 3. The Hall–Kier alpha value is -0.950. The molecule has 26 heavy (non-hydrogen) atoms. The molecule has 3 fully saturated rings. The van der Waals surface area contributed by atoms with Gasteiger partial charge in [0, 0.05) is 5.41 Å². The standard InChI is InChI=1S/C20H32O6/c1-18-8-7-16(23)19(2,11-21)14(18)6-9-20(3,25)15(18)5-4-12-13(22)10-26-17(12)24/h4,13-16,21-23,25H,5-11H2,1-3H3/b12-4-/t13-,14-,15+,16-,18-,19+,20+/m1/s1. The lowest BCUT2D eigenvalue weighted by Crippen LogP contribution is -2.62. The van der Waals surface area contributed by atoms with Crippen LogP contribution in [0.1, 0.15) is 52.9 Å². The van der Waals surface area contributed by atoms with Gasteiger partial charge < -0.3 is 25.2 Å². The Morgan fingerprint density at radius 3 is 2.46 bits per heavy atom. The number of esters is 1. The summed E-state index contributed by atoms with van der Waals surface area (Å²) in [4.78, 5) is 11.8. The predicted octanol–water partition coefficient (Wildman–Crippen LogP) is 1.16. The van der Waals surface area contributed by atoms with E-state index in [2.05, 4.69) is 6.92 Å². The molecule has 1 aliphatic heterocycles. The Labute approximate surface area is 154 Å². The zero-order valence-corrected chi connectivity index (χ0v) is 15.9. The van der Waals surface area contributed by atoms with Crippen LogP contribution in [0.2, 0.25) is 0 Å². The molecule has 1 heterocycles. The van der Waals surface area contributed by atoms with Crippen LogP contribution in [0, 0.1) is 22.7 Å². The van der Waals surface area contributed by atoms with Crippen LogP contribution < -0.4 is 0 Å². The summed E-state index contributed by atoms with van der Waals surface area (Å²) in [5.74, 6) is -0.554. The van der Waals surface area contributed by atoms with Crippen molar-refractivity contribution in [3.8, 4) is 0 Å². The van der Waals surface area contributed by atoms with E-state index in [-0.39, 0.29) is 36.0 Å². The van der Waals surface area contributed by atoms with Crippen LogP contribution in [0.25, 0.3) is 0 Å². The van der Waals surface area contributed by atoms with Crippen molar-refractivity contribution >= 4 is 5.97 Å². The van der Waals surface area contributed by atoms with Gasteiger partial charge in [0.1, 0.15) is 12.7 Å². The molecule has 0 radical (unpaired) electrons. The van der Waals surface area contributed by atoms with Gasteiger partial charge in [-0.25, -0.2) is 4.79 Å². The maximum absolute atomic E-state index is 11.8. The number of fused-ring (bicyclic) bond motifs is 1. The van der Waals surface area contributed by atoms with Gasteiger partial charge in [-0.05, 0) is 56.3 Å². The SMILES string of the molecule is C[C@]1(CO)[C@@H]2CC[C@](C)(O)[C@@H](C/C=C3\C(=O)OC[C@H]3O)[C@]2(C)CC[C@H]1O. The first kappa shape index (κ1) is 19.8. The van der Waals surface area contributed by atoms with Crippen LogP contribution in [-0.4, -0.2) is 57.4 Å². The second kappa shape index (κ2) is 6.59. The van der Waals surface area contributed by atoms with E-state index in [0.29, 0.717) is 19.3 Å². The van der Waals surface area contributed by atoms with Crippen molar-refractivity contribution in [3.05, 3.63) is 11.6 Å². The van der Waals surface area contributed by atoms with E-state index in [1.165, 1.54) is 0 Å². The van der Waals surface area contributed by atoms with Gasteiger partial charge in [0.15, 0.2) is 0 Å². The lowest BCUT2D eigenvalue weighted by Gasteiger charge is -2.62. The number of cyclic esters (lactones) is 1. The van der Waals surface area contributed by atoms with Crippen LogP contribution in [0.15, 0.2) is 11.6 Å². The highest BCUT2D eigenvalue weighted by molar-refractivity contribution is 5.91. The number of carbonyl (C=O) groups is 1. The van der Waals surface area contributed by atoms with Crippen LogP contribution >= 0.6 is 0 Å². The molecule has 148 valence electrons. The van der Waals surface area contributed by atoms with Gasteiger partial charge in [-0.1, -0.05) is 19.9 Å². The number of allylic oxidation sites excluding steroid dienone is 1. The molecule has 0 aromatic rings. The van der Waals surface area contributed by atoms with E-state index in [1.807, 2.05) is 13.8 Å². The molecule has 4 N–H and O–H groups in total. The summed E-state index contributed by atoms with van der Waals surface area (Å²) in [6, 6.07) is 0. The number of hydrogen-bond donors (Lipinski definition) is 4. The average molecular weight is 368 g/mol. The van der Waals surface area contributed by atoms with Crippen molar-refractivity contribution in [3.63, 3.8) is 0 Å². The van der Waals surface area contributed by atoms with Gasteiger partial charge in [-0.2, -0.15) is 0 Å². The van der Waals surface area contributed by atoms with Crippen molar-refractivity contribution in [2.45, 2.75) is 70.7 Å². The number of ether oxygens (including phenoxy) is 1. The molecule has 0 spiro atoms. The average Bonchev–Trinajstić information content (AvgIpc) is 2.89. The van der Waals surface area contributed by atoms with E-state index in [1.54, 1.807) is 6.08 Å². The van der Waals surface area contributed by atoms with Gasteiger partial charge in [-0.15, -0.1) is 0 Å². The monoisotopic (exact) mass is 368 g/mol. The third-order valence-corrected chi connectivity index (χ3v) is 7.68. The van der Waals surface area contributed by atoms with Gasteiger partial charge in [-0.3, -0.25) is 0 Å². The molecule has 1 saturated heterocycles. The lowest BCUT2D eigenvalue weighted by atomic mass is 9.44. The third-order valence-electron chi connectivity index (χ3n) is 7.68. The molecule has 2 aliphatic carbocycles. The molecule has 0 aromatic carbocycles. The third kappa shape index (κ3) is 2.91. The maximum Gasteiger partial charge on any atom is 0.336 e. The van der Waals surface area contributed by atoms with Crippen molar-refractivity contribution < 1.29 is 30.0 Å². The Morgan fingerprint density at radius 1 is 1.19 bits per heavy atom. The second-order valence-corrected chi connectivity index (χ2v) is 9.23. The first-order chi connectivity index (χ1) is 12.1. The fourth-order valence-corrected chi connectivity index (χ4v) is 6.00. The molecule has 2 saturated carbocycles. The first-order valence-electron chi connectivity index (χ1n) is 9.63. The maximum atomic E-state index is 11.8. The molecule has 6 nitrogen and oxygen atoms in total. The van der Waals surface area contributed by atoms with Gasteiger partial charge >= 0.3 is 5.97 Å². The summed E-state index contributed by atoms with van der Waals surface area (Å²) in [6.45, 7) is 5.81. The van der Waals surface area contributed by atoms with Gasteiger partial charge in [0.2, 0.25) is 0 Å². The molecule has 3 aliphatic rings. The molecule has 0 unspecified atom stereocenters. The van der Waals surface area contributed by atoms with Crippen LogP contribution in [0.5, 0.6) is 0 Å². The van der Waals surface area contributed by atoms with Gasteiger partial charge in [0.05, 0.1) is 23.9 Å². The lowest BCUT2D eigenvalue weighted by molar-refractivity contribution is -0.207. The molecule has 3 rings (SSSR count). The highest BCUT2D eigenvalue weighted by Gasteiger charge is 2.61. The van der Waals surface area contributed by atoms with Crippen LogP contribution in [0.3, 0.4) is 0 Å². The molecule has 0 aromatic heterocycles. The number of carbonyl (C=O) groups excluding carboxylic acids is 1. The van der Waals surface area contributed by atoms with E-state index in [9.17, 15) is 25.2 Å². The summed E-state index contributed by atoms with van der Waals surface area (Å²) in [7, 11) is 0. The van der Waals surface area contributed by atoms with E-state index >= 15 is 0 Å². The van der Waals surface area contributed by atoms with Crippen molar-refractivity contribution in [1.82, 2.24) is 0 Å². The molecule has 7 atom stereocenters. The molecule has 6 heteroatoms. The van der Waals surface area contributed by atoms with Crippen molar-refractivity contribution in [2.75, 3.05) is 13.2 Å². The van der Waals surface area contributed by atoms with Crippen molar-refractivity contribution in [1.29, 1.82) is 0 Å². The fourth-order valence-electron chi connectivity index (χ4n) is 6.00. The molecule has 0 amide bonds. The summed E-state index contributed by atoms with van der Waals surface area (Å²) in [6.07, 6.45) is 3.37. The number of aliphatic hydroxyl groups is 4. The summed E-state index contributed by atoms with van der Waals surface area (Å²) in [5.41, 5.74) is -1.51. The topological polar surface area (TPSA) is 107 Å². The summed E-state index contributed by atoms with van der Waals surface area (Å²) < 4.78 is 4.88. The van der Waals surface area contributed by atoms with Crippen LogP contribution in [0.4, 0.5) is 0 Å². The normalized spacial score (nSPS) is 50.6. The number of hydrogen-bond acceptors (Lipinski definition) is 6. The van der Waals surface area contributed by atoms with E-state index in [4.69, 9.17) is 4.74 Å². The summed E-state index contributed by atoms with van der Waals surface area (Å²) in [5, 5.41) is 41.6. The first-order valence-corrected chi connectivity index (χ1v) is 9.63. The zero-order valence-electron chi connectivity index (χ0n) is 15.9. The van der Waals surface area contributed by atoms with E-state index < -0.39 is 29.2 Å². The smallest absolute Gasteiger partial charge is 0.336 e. The highest BCUT2D eigenvalue weighted by atomic mass is 16.6. The quantitative estimate of drug-likeness (QED) is 0.440. The molecular weight excluding hydrogens is 336 g/mol. The zero-order chi connectivity index (χ0) is 19.3. The summed E-state index contributed by atoms with van der Waals surface area (Å²) >= 11 is 0. The largest absolute Gasteiger partial charge is 0.459 e. The Bertz CT molecular complexity index is 599. The highest BCUT2D eigenvalue weighted by Crippen LogP contribution is 2.62. The minimum Gasteiger partial charge on any atom is -0.459 e. The van der Waals surface area contributed by atoms with E-state index in [0.717, 1.165) is 12.8 Å². The minimum absolute atomic E-state index is 0.0135. The van der Waals surface area contributed by atoms with Crippen LogP contribution in [-0.2, 0) is 9.53 Å². The Morgan fingerprint density at radius 2 is 1.88 bits per heavy atom. The Kier molecular flexibility index (Phi) is 5.02. The predicted molar refractivity (Wildman–Crippen MR) is 95.0 cm³/mol. The molecular formula is C20H32O6.